The molecule has 0 spiro atoms. The van der Waals surface area contributed by atoms with Gasteiger partial charge in [-0.05, 0) is 65.1 Å². The largest absolute Gasteiger partial charge is 0.444 e. The summed E-state index contributed by atoms with van der Waals surface area (Å²) in [6.45, 7) is 12.4. The number of ether oxygens (including phenoxy) is 1. The molecule has 1 aromatic rings. The molecular formula is C20H35N5O2S. The van der Waals surface area contributed by atoms with E-state index in [9.17, 15) is 4.79 Å². The summed E-state index contributed by atoms with van der Waals surface area (Å²) in [5.41, 5.74) is -0.486. The summed E-state index contributed by atoms with van der Waals surface area (Å²) in [5, 5.41) is 11.5. The van der Waals surface area contributed by atoms with Crippen molar-refractivity contribution >= 4 is 23.4 Å². The van der Waals surface area contributed by atoms with Crippen molar-refractivity contribution in [3.05, 3.63) is 22.4 Å². The van der Waals surface area contributed by atoms with Gasteiger partial charge in [-0.2, -0.15) is 0 Å². The fourth-order valence-corrected chi connectivity index (χ4v) is 3.95. The van der Waals surface area contributed by atoms with E-state index in [2.05, 4.69) is 38.4 Å². The summed E-state index contributed by atoms with van der Waals surface area (Å²) >= 11 is 1.80. The molecular weight excluding hydrogens is 374 g/mol. The van der Waals surface area contributed by atoms with E-state index >= 15 is 0 Å². The van der Waals surface area contributed by atoms with Crippen molar-refractivity contribution in [1.29, 1.82) is 0 Å². The molecule has 28 heavy (non-hydrogen) atoms. The fourth-order valence-electron chi connectivity index (χ4n) is 3.10. The number of thiophene rings is 1. The molecule has 7 nitrogen and oxygen atoms in total. The molecule has 3 N–H and O–H groups in total. The first-order valence-corrected chi connectivity index (χ1v) is 11.0. The van der Waals surface area contributed by atoms with Gasteiger partial charge >= 0.3 is 6.09 Å². The van der Waals surface area contributed by atoms with Gasteiger partial charge in [0.2, 0.25) is 0 Å². The first kappa shape index (κ1) is 22.5. The van der Waals surface area contributed by atoms with Gasteiger partial charge in [-0.3, -0.25) is 9.89 Å². The van der Waals surface area contributed by atoms with Crippen LogP contribution in [0.4, 0.5) is 4.79 Å². The molecule has 0 bridgehead atoms. The van der Waals surface area contributed by atoms with Crippen molar-refractivity contribution in [2.75, 3.05) is 39.3 Å². The number of rotatable bonds is 8. The lowest BCUT2D eigenvalue weighted by atomic mass is 10.2. The maximum absolute atomic E-state index is 11.7. The molecule has 1 aliphatic heterocycles. The lowest BCUT2D eigenvalue weighted by Crippen LogP contribution is -2.43. The number of carbonyl (C=O) groups excluding carboxylic acids is 1. The monoisotopic (exact) mass is 409 g/mol. The number of likely N-dealkylation sites (tertiary alicyclic amines) is 1. The quantitative estimate of drug-likeness (QED) is 0.350. The van der Waals surface area contributed by atoms with E-state index in [4.69, 9.17) is 9.73 Å². The van der Waals surface area contributed by atoms with Crippen molar-refractivity contribution in [1.82, 2.24) is 20.9 Å². The summed E-state index contributed by atoms with van der Waals surface area (Å²) in [6, 6.07) is 4.64. The molecule has 0 aromatic carbocycles. The molecule has 1 unspecified atom stereocenters. The second-order valence-corrected chi connectivity index (χ2v) is 8.83. The number of guanidine groups is 1. The van der Waals surface area contributed by atoms with Gasteiger partial charge in [-0.1, -0.05) is 6.07 Å². The Morgan fingerprint density at radius 1 is 1.25 bits per heavy atom. The minimum absolute atomic E-state index is 0.331. The predicted octanol–water partition coefficient (Wildman–Crippen LogP) is 2.96. The third-order valence-electron chi connectivity index (χ3n) is 4.31. The van der Waals surface area contributed by atoms with Crippen molar-refractivity contribution in [2.24, 2.45) is 4.99 Å². The first-order valence-electron chi connectivity index (χ1n) is 10.2. The van der Waals surface area contributed by atoms with Crippen LogP contribution in [0.25, 0.3) is 0 Å². The standard InChI is InChI=1S/C20H35N5O2S/c1-5-21-18(22-10-11-23-19(26)27-20(2,3)4)24-15-16(17-9-8-14-28-17)25-12-6-7-13-25/h8-9,14,16H,5-7,10-13,15H2,1-4H3,(H,23,26)(H2,21,22,24). The summed E-state index contributed by atoms with van der Waals surface area (Å²) in [7, 11) is 0. The van der Waals surface area contributed by atoms with Crippen LogP contribution in [0.2, 0.25) is 0 Å². The molecule has 1 aromatic heterocycles. The third-order valence-corrected chi connectivity index (χ3v) is 5.28. The van der Waals surface area contributed by atoms with Gasteiger partial charge in [0, 0.05) is 24.5 Å². The highest BCUT2D eigenvalue weighted by Gasteiger charge is 2.24. The van der Waals surface area contributed by atoms with E-state index in [-0.39, 0.29) is 0 Å². The lowest BCUT2D eigenvalue weighted by molar-refractivity contribution is 0.0529. The molecule has 2 heterocycles. The van der Waals surface area contributed by atoms with E-state index < -0.39 is 11.7 Å². The number of nitrogens with one attached hydrogen (secondary N) is 3. The maximum Gasteiger partial charge on any atom is 0.407 e. The zero-order valence-electron chi connectivity index (χ0n) is 17.6. The summed E-state index contributed by atoms with van der Waals surface area (Å²) in [4.78, 5) is 20.4. The van der Waals surface area contributed by atoms with Crippen LogP contribution in [-0.2, 0) is 4.74 Å². The molecule has 0 aliphatic carbocycles. The third kappa shape index (κ3) is 8.06. The number of hydrogen-bond acceptors (Lipinski definition) is 5. The second kappa shape index (κ2) is 11.3. The number of aliphatic imine (C=N–C) groups is 1. The molecule has 1 amide bonds. The fraction of sp³-hybridized carbons (Fsp3) is 0.700. The zero-order chi connectivity index (χ0) is 20.4. The van der Waals surface area contributed by atoms with Crippen molar-refractivity contribution in [3.63, 3.8) is 0 Å². The SMILES string of the molecule is CCNC(=NCC(c1cccs1)N1CCCC1)NCCNC(=O)OC(C)(C)C. The van der Waals surface area contributed by atoms with Crippen LogP contribution >= 0.6 is 11.3 Å². The molecule has 0 radical (unpaired) electrons. The summed E-state index contributed by atoms with van der Waals surface area (Å²) in [6.07, 6.45) is 2.13. The van der Waals surface area contributed by atoms with Crippen LogP contribution in [0.1, 0.15) is 51.5 Å². The van der Waals surface area contributed by atoms with Crippen LogP contribution in [0.3, 0.4) is 0 Å². The Balaban J connectivity index is 1.85. The Morgan fingerprint density at radius 3 is 2.57 bits per heavy atom. The minimum atomic E-state index is -0.486. The van der Waals surface area contributed by atoms with E-state index in [0.717, 1.165) is 32.1 Å². The van der Waals surface area contributed by atoms with Gasteiger partial charge in [0.25, 0.3) is 0 Å². The number of hydrogen-bond donors (Lipinski definition) is 3. The highest BCUT2D eigenvalue weighted by Crippen LogP contribution is 2.28. The molecule has 1 saturated heterocycles. The van der Waals surface area contributed by atoms with Crippen LogP contribution < -0.4 is 16.0 Å². The van der Waals surface area contributed by atoms with E-state index in [1.54, 1.807) is 11.3 Å². The van der Waals surface area contributed by atoms with Crippen molar-refractivity contribution < 1.29 is 9.53 Å². The average molecular weight is 410 g/mol. The summed E-state index contributed by atoms with van der Waals surface area (Å²) < 4.78 is 5.24. The Hall–Kier alpha value is -1.80. The average Bonchev–Trinajstić information content (AvgIpc) is 3.31. The van der Waals surface area contributed by atoms with Gasteiger partial charge < -0.3 is 20.7 Å². The molecule has 0 saturated carbocycles. The molecule has 1 aliphatic rings. The van der Waals surface area contributed by atoms with E-state index in [0.29, 0.717) is 19.1 Å². The second-order valence-electron chi connectivity index (χ2n) is 7.85. The number of alkyl carbamates (subject to hydrolysis) is 1. The normalized spacial score (nSPS) is 16.6. The van der Waals surface area contributed by atoms with E-state index in [1.165, 1.54) is 17.7 Å². The maximum atomic E-state index is 11.7. The van der Waals surface area contributed by atoms with Gasteiger partial charge in [0.1, 0.15) is 5.60 Å². The van der Waals surface area contributed by atoms with Crippen LogP contribution in [0.5, 0.6) is 0 Å². The van der Waals surface area contributed by atoms with Crippen molar-refractivity contribution in [2.45, 2.75) is 52.2 Å². The molecule has 158 valence electrons. The Kier molecular flexibility index (Phi) is 9.05. The number of carbonyl (C=O) groups is 1. The van der Waals surface area contributed by atoms with Gasteiger partial charge in [0.15, 0.2) is 5.96 Å². The molecule has 2 rings (SSSR count). The highest BCUT2D eigenvalue weighted by molar-refractivity contribution is 7.10. The smallest absolute Gasteiger partial charge is 0.407 e. The Bertz CT molecular complexity index is 607. The number of nitrogens with zero attached hydrogens (tertiary/aromatic N) is 2. The minimum Gasteiger partial charge on any atom is -0.444 e. The lowest BCUT2D eigenvalue weighted by Gasteiger charge is -2.25. The van der Waals surface area contributed by atoms with Gasteiger partial charge in [-0.15, -0.1) is 11.3 Å². The van der Waals surface area contributed by atoms with Crippen LogP contribution in [-0.4, -0.2) is 61.8 Å². The molecule has 8 heteroatoms. The molecule has 1 fully saturated rings. The van der Waals surface area contributed by atoms with Gasteiger partial charge in [0.05, 0.1) is 12.6 Å². The summed E-state index contributed by atoms with van der Waals surface area (Å²) in [5.74, 6) is 0.772. The van der Waals surface area contributed by atoms with Crippen LogP contribution in [0.15, 0.2) is 22.5 Å². The van der Waals surface area contributed by atoms with Gasteiger partial charge in [-0.25, -0.2) is 4.79 Å². The highest BCUT2D eigenvalue weighted by atomic mass is 32.1. The number of amides is 1. The zero-order valence-corrected chi connectivity index (χ0v) is 18.4. The predicted molar refractivity (Wildman–Crippen MR) is 116 cm³/mol. The van der Waals surface area contributed by atoms with E-state index in [1.807, 2.05) is 27.7 Å². The van der Waals surface area contributed by atoms with Crippen LogP contribution in [0, 0.1) is 0 Å². The first-order chi connectivity index (χ1) is 13.4. The molecule has 1 atom stereocenters. The Morgan fingerprint density at radius 2 is 1.96 bits per heavy atom. The van der Waals surface area contributed by atoms with Crippen molar-refractivity contribution in [3.8, 4) is 0 Å². The Labute approximate surface area is 172 Å². The topological polar surface area (TPSA) is 78.0 Å².